The maximum absolute atomic E-state index is 6.20. The number of likely N-dealkylation sites (N-methyl/N-ethyl adjacent to an activating group) is 1. The minimum Gasteiger partial charge on any atom is -0.329 e. The third-order valence-corrected chi connectivity index (χ3v) is 5.66. The van der Waals surface area contributed by atoms with Crippen molar-refractivity contribution < 1.29 is 0 Å². The van der Waals surface area contributed by atoms with Gasteiger partial charge >= 0.3 is 0 Å². The fraction of sp³-hybridized carbons (Fsp3) is 1.00. The van der Waals surface area contributed by atoms with Crippen molar-refractivity contribution >= 4 is 11.8 Å². The van der Waals surface area contributed by atoms with E-state index >= 15 is 0 Å². The van der Waals surface area contributed by atoms with Gasteiger partial charge in [0.25, 0.3) is 0 Å². The molecule has 0 aliphatic heterocycles. The summed E-state index contributed by atoms with van der Waals surface area (Å²) >= 11 is 1.94. The molecule has 0 saturated heterocycles. The Bertz CT molecular complexity index is 267. The first-order valence-corrected chi connectivity index (χ1v) is 8.60. The summed E-state index contributed by atoms with van der Waals surface area (Å²) in [5.74, 6) is 1.93. The van der Waals surface area contributed by atoms with Gasteiger partial charge in [0.1, 0.15) is 0 Å². The van der Waals surface area contributed by atoms with Crippen LogP contribution in [0.5, 0.6) is 0 Å². The highest BCUT2D eigenvalue weighted by Crippen LogP contribution is 2.50. The molecule has 0 radical (unpaired) electrons. The number of hydrogen-bond acceptors (Lipinski definition) is 3. The molecule has 0 spiro atoms. The minimum absolute atomic E-state index is 0.210. The molecule has 3 atom stereocenters. The number of hydrogen-bond donors (Lipinski definition) is 1. The molecule has 0 aromatic rings. The van der Waals surface area contributed by atoms with E-state index in [1.54, 1.807) is 0 Å². The van der Waals surface area contributed by atoms with Crippen LogP contribution in [0.2, 0.25) is 0 Å². The first-order chi connectivity index (χ1) is 8.29. The predicted molar refractivity (Wildman–Crippen MR) is 84.2 cm³/mol. The maximum Gasteiger partial charge on any atom is 0.0362 e. The SMILES string of the molecule is CSCCC(C)N(C)C1(CN)CC(C)(C)CC1C. The number of rotatable bonds is 6. The van der Waals surface area contributed by atoms with Gasteiger partial charge in [-0.15, -0.1) is 0 Å². The molecule has 2 nitrogen and oxygen atoms in total. The lowest BCUT2D eigenvalue weighted by atomic mass is 9.84. The molecular formula is C15H32N2S. The first-order valence-electron chi connectivity index (χ1n) is 7.21. The van der Waals surface area contributed by atoms with E-state index in [9.17, 15) is 0 Å². The highest BCUT2D eigenvalue weighted by atomic mass is 32.2. The molecule has 0 bridgehead atoms. The Balaban J connectivity index is 2.81. The summed E-state index contributed by atoms with van der Waals surface area (Å²) < 4.78 is 0. The standard InChI is InChI=1S/C15H32N2S/c1-12-9-14(3,4)10-15(12,11-16)17(5)13(2)7-8-18-6/h12-13H,7-11,16H2,1-6H3. The second-order valence-corrected chi connectivity index (χ2v) is 7.98. The van der Waals surface area contributed by atoms with Gasteiger partial charge in [0, 0.05) is 18.1 Å². The smallest absolute Gasteiger partial charge is 0.0362 e. The minimum atomic E-state index is 0.210. The second-order valence-electron chi connectivity index (χ2n) is 7.00. The van der Waals surface area contributed by atoms with Crippen molar-refractivity contribution in [3.63, 3.8) is 0 Å². The van der Waals surface area contributed by atoms with Gasteiger partial charge < -0.3 is 5.73 Å². The van der Waals surface area contributed by atoms with E-state index < -0.39 is 0 Å². The average Bonchev–Trinajstić information content (AvgIpc) is 2.55. The lowest BCUT2D eigenvalue weighted by Gasteiger charge is -2.45. The van der Waals surface area contributed by atoms with E-state index in [4.69, 9.17) is 5.73 Å². The topological polar surface area (TPSA) is 29.3 Å². The Morgan fingerprint density at radius 1 is 1.44 bits per heavy atom. The molecule has 0 heterocycles. The summed E-state index contributed by atoms with van der Waals surface area (Å²) in [6.45, 7) is 10.3. The lowest BCUT2D eigenvalue weighted by Crippen LogP contribution is -2.57. The Morgan fingerprint density at radius 3 is 2.44 bits per heavy atom. The summed E-state index contributed by atoms with van der Waals surface area (Å²) in [4.78, 5) is 2.59. The zero-order valence-corrected chi connectivity index (χ0v) is 13.9. The van der Waals surface area contributed by atoms with Gasteiger partial charge in [-0.2, -0.15) is 11.8 Å². The fourth-order valence-electron chi connectivity index (χ4n) is 3.90. The van der Waals surface area contributed by atoms with Gasteiger partial charge in [-0.1, -0.05) is 20.8 Å². The van der Waals surface area contributed by atoms with Crippen molar-refractivity contribution in [2.24, 2.45) is 17.1 Å². The molecule has 1 fully saturated rings. The predicted octanol–water partition coefficient (Wildman–Crippen LogP) is 3.21. The van der Waals surface area contributed by atoms with E-state index in [2.05, 4.69) is 45.9 Å². The van der Waals surface area contributed by atoms with Gasteiger partial charge in [0.05, 0.1) is 0 Å². The second kappa shape index (κ2) is 6.15. The third-order valence-electron chi connectivity index (χ3n) is 5.02. The molecule has 1 saturated carbocycles. The summed E-state index contributed by atoms with van der Waals surface area (Å²) in [6, 6.07) is 0.623. The van der Waals surface area contributed by atoms with Gasteiger partial charge in [-0.3, -0.25) is 4.90 Å². The Hall–Kier alpha value is 0.270. The number of thioether (sulfide) groups is 1. The number of nitrogens with zero attached hydrogens (tertiary/aromatic N) is 1. The van der Waals surface area contributed by atoms with Crippen LogP contribution in [0.15, 0.2) is 0 Å². The molecule has 1 aliphatic carbocycles. The summed E-state index contributed by atoms with van der Waals surface area (Å²) in [6.07, 6.45) is 5.97. The molecule has 1 aliphatic rings. The Morgan fingerprint density at radius 2 is 2.06 bits per heavy atom. The van der Waals surface area contributed by atoms with Crippen molar-refractivity contribution in [3.8, 4) is 0 Å². The van der Waals surface area contributed by atoms with Crippen LogP contribution in [0.3, 0.4) is 0 Å². The van der Waals surface area contributed by atoms with Crippen LogP contribution < -0.4 is 5.73 Å². The molecular weight excluding hydrogens is 240 g/mol. The van der Waals surface area contributed by atoms with E-state index in [1.807, 2.05) is 11.8 Å². The molecule has 2 N–H and O–H groups in total. The van der Waals surface area contributed by atoms with E-state index in [0.717, 1.165) is 6.54 Å². The van der Waals surface area contributed by atoms with Gasteiger partial charge in [-0.25, -0.2) is 0 Å². The molecule has 3 unspecified atom stereocenters. The average molecular weight is 273 g/mol. The molecule has 0 amide bonds. The van der Waals surface area contributed by atoms with Gasteiger partial charge in [0.2, 0.25) is 0 Å². The first kappa shape index (κ1) is 16.3. The van der Waals surface area contributed by atoms with Gasteiger partial charge in [-0.05, 0) is 56.6 Å². The van der Waals surface area contributed by atoms with Crippen LogP contribution in [-0.2, 0) is 0 Å². The van der Waals surface area contributed by atoms with Crippen molar-refractivity contribution in [2.75, 3.05) is 25.6 Å². The zero-order valence-electron chi connectivity index (χ0n) is 13.1. The van der Waals surface area contributed by atoms with Crippen LogP contribution >= 0.6 is 11.8 Å². The van der Waals surface area contributed by atoms with Crippen molar-refractivity contribution in [1.29, 1.82) is 0 Å². The van der Waals surface area contributed by atoms with Crippen LogP contribution in [0.4, 0.5) is 0 Å². The molecule has 0 aromatic carbocycles. The quantitative estimate of drug-likeness (QED) is 0.805. The van der Waals surface area contributed by atoms with E-state index in [-0.39, 0.29) is 5.54 Å². The summed E-state index contributed by atoms with van der Waals surface area (Å²) in [5, 5.41) is 0. The van der Waals surface area contributed by atoms with Crippen LogP contribution in [0.1, 0.15) is 47.0 Å². The maximum atomic E-state index is 6.20. The Labute approximate surface area is 118 Å². The molecule has 0 aromatic heterocycles. The van der Waals surface area contributed by atoms with Crippen molar-refractivity contribution in [1.82, 2.24) is 4.90 Å². The van der Waals surface area contributed by atoms with Crippen LogP contribution in [0.25, 0.3) is 0 Å². The molecule has 3 heteroatoms. The van der Waals surface area contributed by atoms with Crippen molar-refractivity contribution in [3.05, 3.63) is 0 Å². The zero-order chi connectivity index (χ0) is 14.0. The normalized spacial score (nSPS) is 33.0. The summed E-state index contributed by atoms with van der Waals surface area (Å²) in [5.41, 5.74) is 6.85. The molecule has 1 rings (SSSR count). The summed E-state index contributed by atoms with van der Waals surface area (Å²) in [7, 11) is 2.29. The van der Waals surface area contributed by atoms with Crippen LogP contribution in [0, 0.1) is 11.3 Å². The Kier molecular flexibility index (Phi) is 5.58. The van der Waals surface area contributed by atoms with E-state index in [1.165, 1.54) is 25.0 Å². The van der Waals surface area contributed by atoms with Crippen molar-refractivity contribution in [2.45, 2.75) is 58.5 Å². The monoisotopic (exact) mass is 272 g/mol. The largest absolute Gasteiger partial charge is 0.329 e. The molecule has 18 heavy (non-hydrogen) atoms. The third kappa shape index (κ3) is 3.23. The highest BCUT2D eigenvalue weighted by Gasteiger charge is 2.50. The van der Waals surface area contributed by atoms with E-state index in [0.29, 0.717) is 17.4 Å². The van der Waals surface area contributed by atoms with Gasteiger partial charge in [0.15, 0.2) is 0 Å². The fourth-order valence-corrected chi connectivity index (χ4v) is 4.48. The highest BCUT2D eigenvalue weighted by molar-refractivity contribution is 7.98. The van der Waals surface area contributed by atoms with Crippen LogP contribution in [-0.4, -0.2) is 42.1 Å². The lowest BCUT2D eigenvalue weighted by molar-refractivity contribution is 0.0501. The molecule has 108 valence electrons. The number of nitrogens with two attached hydrogens (primary N) is 1.